The quantitative estimate of drug-likeness (QED) is 0.842. The Morgan fingerprint density at radius 1 is 1.21 bits per heavy atom. The molecule has 1 aliphatic rings. The first-order valence-corrected chi connectivity index (χ1v) is 8.50. The molecule has 3 heteroatoms. The molecule has 4 atom stereocenters. The molecule has 0 radical (unpaired) electrons. The van der Waals surface area contributed by atoms with E-state index in [1.165, 1.54) is 12.8 Å². The summed E-state index contributed by atoms with van der Waals surface area (Å²) in [5.41, 5.74) is 0. The Morgan fingerprint density at radius 3 is 2.53 bits per heavy atom. The average Bonchev–Trinajstić information content (AvgIpc) is 2.39. The lowest BCUT2D eigenvalue weighted by Gasteiger charge is -2.37. The lowest BCUT2D eigenvalue weighted by molar-refractivity contribution is 0.0492. The van der Waals surface area contributed by atoms with Crippen molar-refractivity contribution in [2.45, 2.75) is 46.1 Å². The SMILES string of the molecule is CC(C)[C@@H]1CC[C@@H](C)C[C@H]1OP(O)c1ccccc1. The lowest BCUT2D eigenvalue weighted by atomic mass is 9.75. The standard InChI is InChI=1S/C16H25O2P/c1-12(2)15-10-9-13(3)11-16(15)18-19(17)14-7-5-4-6-8-14/h4-8,12-13,15-17H,9-11H2,1-3H3/t13-,15+,16-,19?/m1/s1. The predicted molar refractivity (Wildman–Crippen MR) is 81.4 cm³/mol. The molecule has 1 aliphatic carbocycles. The minimum atomic E-state index is -1.47. The number of hydrogen-bond donors (Lipinski definition) is 1. The molecule has 0 spiro atoms. The highest BCUT2D eigenvalue weighted by molar-refractivity contribution is 7.55. The van der Waals surface area contributed by atoms with Crippen molar-refractivity contribution in [2.24, 2.45) is 17.8 Å². The van der Waals surface area contributed by atoms with Gasteiger partial charge in [0.05, 0.1) is 6.10 Å². The van der Waals surface area contributed by atoms with Crippen LogP contribution in [0, 0.1) is 17.8 Å². The molecule has 1 aromatic carbocycles. The summed E-state index contributed by atoms with van der Waals surface area (Å²) in [5, 5.41) is 0.915. The maximum atomic E-state index is 10.3. The van der Waals surface area contributed by atoms with E-state index in [0.29, 0.717) is 17.8 Å². The van der Waals surface area contributed by atoms with E-state index < -0.39 is 8.38 Å². The van der Waals surface area contributed by atoms with Crippen molar-refractivity contribution in [1.29, 1.82) is 0 Å². The zero-order valence-electron chi connectivity index (χ0n) is 12.1. The number of hydrogen-bond acceptors (Lipinski definition) is 2. The van der Waals surface area contributed by atoms with Gasteiger partial charge in [0.2, 0.25) is 8.38 Å². The van der Waals surface area contributed by atoms with Crippen LogP contribution in [0.2, 0.25) is 0 Å². The summed E-state index contributed by atoms with van der Waals surface area (Å²) in [6, 6.07) is 9.76. The Kier molecular flexibility index (Phi) is 5.38. The first kappa shape index (κ1) is 15.0. The molecule has 1 unspecified atom stereocenters. The smallest absolute Gasteiger partial charge is 0.202 e. The number of rotatable bonds is 4. The van der Waals surface area contributed by atoms with Gasteiger partial charge in [0.1, 0.15) is 0 Å². The summed E-state index contributed by atoms with van der Waals surface area (Å²) < 4.78 is 6.04. The molecule has 19 heavy (non-hydrogen) atoms. The molecule has 0 saturated heterocycles. The van der Waals surface area contributed by atoms with Gasteiger partial charge in [0.25, 0.3) is 0 Å². The zero-order chi connectivity index (χ0) is 13.8. The summed E-state index contributed by atoms with van der Waals surface area (Å²) in [6.07, 6.45) is 3.80. The molecule has 1 aromatic rings. The largest absolute Gasteiger partial charge is 0.346 e. The van der Waals surface area contributed by atoms with E-state index >= 15 is 0 Å². The normalized spacial score (nSPS) is 29.4. The second-order valence-corrected chi connectivity index (χ2v) is 7.35. The molecule has 0 aromatic heterocycles. The molecule has 1 N–H and O–H groups in total. The molecular formula is C16H25O2P. The van der Waals surface area contributed by atoms with Crippen LogP contribution in [0.3, 0.4) is 0 Å². The third-order valence-electron chi connectivity index (χ3n) is 4.17. The lowest BCUT2D eigenvalue weighted by Crippen LogP contribution is -2.33. The fourth-order valence-electron chi connectivity index (χ4n) is 2.98. The topological polar surface area (TPSA) is 29.5 Å². The summed E-state index contributed by atoms with van der Waals surface area (Å²) in [5.74, 6) is 1.91. The summed E-state index contributed by atoms with van der Waals surface area (Å²) >= 11 is 0. The Bertz CT molecular complexity index is 380. The van der Waals surface area contributed by atoms with Gasteiger partial charge in [-0.25, -0.2) is 0 Å². The summed E-state index contributed by atoms with van der Waals surface area (Å²) in [7, 11) is -1.47. The van der Waals surface area contributed by atoms with Crippen LogP contribution in [0.5, 0.6) is 0 Å². The van der Waals surface area contributed by atoms with E-state index in [4.69, 9.17) is 4.52 Å². The van der Waals surface area contributed by atoms with Crippen molar-refractivity contribution in [1.82, 2.24) is 0 Å². The first-order valence-electron chi connectivity index (χ1n) is 7.28. The second-order valence-electron chi connectivity index (χ2n) is 6.08. The van der Waals surface area contributed by atoms with Crippen LogP contribution >= 0.6 is 8.38 Å². The Morgan fingerprint density at radius 2 is 1.89 bits per heavy atom. The molecule has 2 rings (SSSR count). The van der Waals surface area contributed by atoms with Crippen LogP contribution in [0.15, 0.2) is 30.3 Å². The highest BCUT2D eigenvalue weighted by Crippen LogP contribution is 2.42. The van der Waals surface area contributed by atoms with Gasteiger partial charge in [0, 0.05) is 5.30 Å². The van der Waals surface area contributed by atoms with Crippen LogP contribution in [0.25, 0.3) is 0 Å². The van der Waals surface area contributed by atoms with Gasteiger partial charge >= 0.3 is 0 Å². The third-order valence-corrected chi connectivity index (χ3v) is 5.38. The average molecular weight is 280 g/mol. The van der Waals surface area contributed by atoms with E-state index in [1.807, 2.05) is 30.3 Å². The highest BCUT2D eigenvalue weighted by atomic mass is 31.2. The fraction of sp³-hybridized carbons (Fsp3) is 0.625. The van der Waals surface area contributed by atoms with Gasteiger partial charge in [-0.05, 0) is 42.7 Å². The summed E-state index contributed by atoms with van der Waals surface area (Å²) in [6.45, 7) is 6.81. The molecular weight excluding hydrogens is 255 g/mol. The molecule has 0 amide bonds. The van der Waals surface area contributed by atoms with E-state index in [-0.39, 0.29) is 6.10 Å². The maximum Gasteiger partial charge on any atom is 0.202 e. The highest BCUT2D eigenvalue weighted by Gasteiger charge is 2.33. The maximum absolute atomic E-state index is 10.3. The van der Waals surface area contributed by atoms with Crippen molar-refractivity contribution in [3.63, 3.8) is 0 Å². The molecule has 0 heterocycles. The Balaban J connectivity index is 2.02. The van der Waals surface area contributed by atoms with Crippen molar-refractivity contribution in [3.05, 3.63) is 30.3 Å². The van der Waals surface area contributed by atoms with Crippen molar-refractivity contribution < 1.29 is 9.42 Å². The van der Waals surface area contributed by atoms with Gasteiger partial charge in [-0.1, -0.05) is 45.4 Å². The fourth-order valence-corrected chi connectivity index (χ4v) is 4.03. The molecule has 2 nitrogen and oxygen atoms in total. The van der Waals surface area contributed by atoms with Crippen LogP contribution in [-0.4, -0.2) is 11.0 Å². The van der Waals surface area contributed by atoms with Gasteiger partial charge in [-0.15, -0.1) is 0 Å². The zero-order valence-corrected chi connectivity index (χ0v) is 13.0. The van der Waals surface area contributed by atoms with Crippen molar-refractivity contribution in [2.75, 3.05) is 0 Å². The first-order chi connectivity index (χ1) is 9.08. The monoisotopic (exact) mass is 280 g/mol. The van der Waals surface area contributed by atoms with Crippen molar-refractivity contribution in [3.8, 4) is 0 Å². The van der Waals surface area contributed by atoms with E-state index in [1.54, 1.807) is 0 Å². The van der Waals surface area contributed by atoms with Gasteiger partial charge < -0.3 is 9.42 Å². The predicted octanol–water partition coefficient (Wildman–Crippen LogP) is 4.09. The second kappa shape index (κ2) is 6.83. The Labute approximate surface area is 118 Å². The van der Waals surface area contributed by atoms with Crippen LogP contribution in [-0.2, 0) is 4.52 Å². The van der Waals surface area contributed by atoms with Crippen LogP contribution < -0.4 is 5.30 Å². The molecule has 1 saturated carbocycles. The van der Waals surface area contributed by atoms with Gasteiger partial charge in [0.15, 0.2) is 0 Å². The van der Waals surface area contributed by atoms with E-state index in [9.17, 15) is 4.89 Å². The Hall–Kier alpha value is -0.430. The minimum Gasteiger partial charge on any atom is -0.346 e. The minimum absolute atomic E-state index is 0.208. The van der Waals surface area contributed by atoms with Crippen LogP contribution in [0.1, 0.15) is 40.0 Å². The van der Waals surface area contributed by atoms with E-state index in [0.717, 1.165) is 11.7 Å². The molecule has 0 bridgehead atoms. The van der Waals surface area contributed by atoms with E-state index in [2.05, 4.69) is 20.8 Å². The van der Waals surface area contributed by atoms with Crippen LogP contribution in [0.4, 0.5) is 0 Å². The summed E-state index contributed by atoms with van der Waals surface area (Å²) in [4.78, 5) is 10.3. The number of benzene rings is 1. The molecule has 0 aliphatic heterocycles. The van der Waals surface area contributed by atoms with Gasteiger partial charge in [-0.3, -0.25) is 0 Å². The van der Waals surface area contributed by atoms with Crippen molar-refractivity contribution >= 4 is 13.7 Å². The third kappa shape index (κ3) is 4.02. The molecule has 106 valence electrons. The molecule has 1 fully saturated rings. The van der Waals surface area contributed by atoms with Gasteiger partial charge in [-0.2, -0.15) is 0 Å².